The number of allylic oxidation sites excluding steroid dienone is 1. The average molecular weight is 507 g/mol. The van der Waals surface area contributed by atoms with E-state index in [4.69, 9.17) is 14.2 Å². The van der Waals surface area contributed by atoms with Crippen LogP contribution in [0.4, 0.5) is 0 Å². The highest BCUT2D eigenvalue weighted by Crippen LogP contribution is 2.31. The molecule has 0 unspecified atom stereocenters. The van der Waals surface area contributed by atoms with E-state index in [0.29, 0.717) is 36.3 Å². The van der Waals surface area contributed by atoms with Crippen LogP contribution in [0.2, 0.25) is 0 Å². The SMILES string of the molecule is C=CCc1c(OCc2ccccc2)cccc1C(O)(O)C#CCC[C@H](CCCCC)O[C@H]1CCCCO1. The number of hydrogen-bond acceptors (Lipinski definition) is 5. The summed E-state index contributed by atoms with van der Waals surface area (Å²) in [5.74, 6) is 3.97. The first kappa shape index (κ1) is 28.9. The molecule has 5 nitrogen and oxygen atoms in total. The second kappa shape index (κ2) is 15.6. The van der Waals surface area contributed by atoms with Crippen molar-refractivity contribution in [3.63, 3.8) is 0 Å². The molecule has 200 valence electrons. The molecule has 0 aromatic heterocycles. The first-order chi connectivity index (χ1) is 18.0. The van der Waals surface area contributed by atoms with E-state index in [0.717, 1.165) is 57.1 Å². The minimum absolute atomic E-state index is 0.0572. The third kappa shape index (κ3) is 9.64. The molecular formula is C32H42O5. The summed E-state index contributed by atoms with van der Waals surface area (Å²) in [5.41, 5.74) is 2.02. The van der Waals surface area contributed by atoms with E-state index >= 15 is 0 Å². The normalized spacial score (nSPS) is 16.5. The van der Waals surface area contributed by atoms with E-state index in [2.05, 4.69) is 25.3 Å². The average Bonchev–Trinajstić information content (AvgIpc) is 2.91. The Hall–Kier alpha value is -2.62. The molecule has 1 fully saturated rings. The minimum Gasteiger partial charge on any atom is -0.489 e. The van der Waals surface area contributed by atoms with Crippen LogP contribution in [0.15, 0.2) is 61.2 Å². The van der Waals surface area contributed by atoms with Gasteiger partial charge in [-0.15, -0.1) is 6.58 Å². The Labute approximate surface area is 222 Å². The molecule has 0 saturated carbocycles. The van der Waals surface area contributed by atoms with Crippen molar-refractivity contribution in [2.75, 3.05) is 6.61 Å². The highest BCUT2D eigenvalue weighted by atomic mass is 16.7. The maximum absolute atomic E-state index is 10.9. The third-order valence-corrected chi connectivity index (χ3v) is 6.56. The second-order valence-corrected chi connectivity index (χ2v) is 9.61. The predicted molar refractivity (Wildman–Crippen MR) is 147 cm³/mol. The number of aliphatic hydroxyl groups is 2. The van der Waals surface area contributed by atoms with Crippen LogP contribution in [0.3, 0.4) is 0 Å². The Morgan fingerprint density at radius 2 is 1.95 bits per heavy atom. The monoisotopic (exact) mass is 506 g/mol. The highest BCUT2D eigenvalue weighted by Gasteiger charge is 2.28. The number of ether oxygens (including phenoxy) is 3. The Kier molecular flexibility index (Phi) is 12.2. The van der Waals surface area contributed by atoms with Gasteiger partial charge >= 0.3 is 0 Å². The van der Waals surface area contributed by atoms with E-state index in [-0.39, 0.29) is 12.4 Å². The number of rotatable bonds is 14. The zero-order valence-corrected chi connectivity index (χ0v) is 22.2. The van der Waals surface area contributed by atoms with Gasteiger partial charge in [0, 0.05) is 24.2 Å². The van der Waals surface area contributed by atoms with Crippen molar-refractivity contribution >= 4 is 0 Å². The Morgan fingerprint density at radius 1 is 1.11 bits per heavy atom. The quantitative estimate of drug-likeness (QED) is 0.134. The molecule has 5 heteroatoms. The largest absolute Gasteiger partial charge is 0.489 e. The van der Waals surface area contributed by atoms with E-state index in [1.54, 1.807) is 18.2 Å². The molecule has 2 aromatic carbocycles. The van der Waals surface area contributed by atoms with Gasteiger partial charge in [0.25, 0.3) is 5.79 Å². The number of unbranched alkanes of at least 4 members (excludes halogenated alkanes) is 2. The van der Waals surface area contributed by atoms with Crippen LogP contribution < -0.4 is 4.74 Å². The van der Waals surface area contributed by atoms with Crippen molar-refractivity contribution in [2.24, 2.45) is 0 Å². The number of benzene rings is 2. The Bertz CT molecular complexity index is 999. The fourth-order valence-electron chi connectivity index (χ4n) is 4.54. The van der Waals surface area contributed by atoms with Gasteiger partial charge in [-0.3, -0.25) is 0 Å². The molecule has 0 aliphatic carbocycles. The van der Waals surface area contributed by atoms with Crippen LogP contribution in [0.5, 0.6) is 5.75 Å². The summed E-state index contributed by atoms with van der Waals surface area (Å²) in [6.07, 6.45) is 10.9. The lowest BCUT2D eigenvalue weighted by molar-refractivity contribution is -0.190. The molecule has 2 N–H and O–H groups in total. The van der Waals surface area contributed by atoms with Gasteiger partial charge in [0.05, 0.1) is 6.10 Å². The molecule has 37 heavy (non-hydrogen) atoms. The fourth-order valence-corrected chi connectivity index (χ4v) is 4.54. The van der Waals surface area contributed by atoms with Crippen molar-refractivity contribution in [3.8, 4) is 17.6 Å². The predicted octanol–water partition coefficient (Wildman–Crippen LogP) is 6.41. The van der Waals surface area contributed by atoms with Crippen LogP contribution in [-0.4, -0.2) is 29.2 Å². The van der Waals surface area contributed by atoms with Gasteiger partial charge in [0.15, 0.2) is 6.29 Å². The molecule has 2 aromatic rings. The van der Waals surface area contributed by atoms with Crippen molar-refractivity contribution in [2.45, 2.75) is 95.9 Å². The topological polar surface area (TPSA) is 68.2 Å². The van der Waals surface area contributed by atoms with E-state index in [1.807, 2.05) is 36.4 Å². The molecule has 2 atom stereocenters. The molecule has 3 rings (SSSR count). The standard InChI is InChI=1S/C32H42O5/c1-3-5-7-18-27(37-31-22-11-13-24-35-31)19-10-12-23-32(33,34)29-20-14-21-30(28(29)15-4-2)36-25-26-16-8-6-9-17-26/h4,6,8-9,14,16-17,20-21,27,31,33-34H,2-3,5,7,10-11,13,15,18-19,22,24-25H2,1H3/t27-,31-/m0/s1. The van der Waals surface area contributed by atoms with Crippen LogP contribution in [0, 0.1) is 11.8 Å². The Balaban J connectivity index is 1.66. The Morgan fingerprint density at radius 3 is 2.68 bits per heavy atom. The molecule has 1 heterocycles. The van der Waals surface area contributed by atoms with Crippen molar-refractivity contribution in [3.05, 3.63) is 77.9 Å². The van der Waals surface area contributed by atoms with Gasteiger partial charge in [0.1, 0.15) is 12.4 Å². The molecule has 1 aliphatic rings. The van der Waals surface area contributed by atoms with Gasteiger partial charge in [-0.1, -0.05) is 80.6 Å². The van der Waals surface area contributed by atoms with Crippen molar-refractivity contribution in [1.29, 1.82) is 0 Å². The molecule has 1 aliphatic heterocycles. The summed E-state index contributed by atoms with van der Waals surface area (Å²) in [7, 11) is 0. The van der Waals surface area contributed by atoms with Crippen LogP contribution in [0.25, 0.3) is 0 Å². The fraction of sp³-hybridized carbons (Fsp3) is 0.500. The summed E-state index contributed by atoms with van der Waals surface area (Å²) in [4.78, 5) is 0. The first-order valence-corrected chi connectivity index (χ1v) is 13.6. The van der Waals surface area contributed by atoms with Crippen molar-refractivity contribution < 1.29 is 24.4 Å². The zero-order valence-electron chi connectivity index (χ0n) is 22.2. The van der Waals surface area contributed by atoms with Gasteiger partial charge < -0.3 is 24.4 Å². The summed E-state index contributed by atoms with van der Waals surface area (Å²) in [6.45, 7) is 7.16. The van der Waals surface area contributed by atoms with Crippen LogP contribution in [0.1, 0.15) is 81.4 Å². The van der Waals surface area contributed by atoms with E-state index in [9.17, 15) is 10.2 Å². The van der Waals surface area contributed by atoms with Gasteiger partial charge in [-0.05, 0) is 56.1 Å². The summed E-state index contributed by atoms with van der Waals surface area (Å²) in [6, 6.07) is 15.1. The lowest BCUT2D eigenvalue weighted by Gasteiger charge is -2.27. The van der Waals surface area contributed by atoms with Gasteiger partial charge in [0.2, 0.25) is 0 Å². The molecule has 0 spiro atoms. The van der Waals surface area contributed by atoms with Gasteiger partial charge in [-0.25, -0.2) is 0 Å². The van der Waals surface area contributed by atoms with E-state index in [1.165, 1.54) is 6.42 Å². The summed E-state index contributed by atoms with van der Waals surface area (Å²) in [5, 5.41) is 21.9. The third-order valence-electron chi connectivity index (χ3n) is 6.56. The summed E-state index contributed by atoms with van der Waals surface area (Å²) < 4.78 is 18.1. The molecule has 0 radical (unpaired) electrons. The number of hydrogen-bond donors (Lipinski definition) is 2. The minimum atomic E-state index is -2.30. The molecular weight excluding hydrogens is 464 g/mol. The molecule has 1 saturated heterocycles. The van der Waals surface area contributed by atoms with E-state index < -0.39 is 5.79 Å². The lowest BCUT2D eigenvalue weighted by Crippen LogP contribution is -2.28. The van der Waals surface area contributed by atoms with Crippen molar-refractivity contribution in [1.82, 2.24) is 0 Å². The zero-order chi connectivity index (χ0) is 26.3. The molecule has 0 bridgehead atoms. The highest BCUT2D eigenvalue weighted by molar-refractivity contribution is 5.46. The first-order valence-electron chi connectivity index (χ1n) is 13.6. The molecule has 0 amide bonds. The van der Waals surface area contributed by atoms with Crippen LogP contribution >= 0.6 is 0 Å². The van der Waals surface area contributed by atoms with Gasteiger partial charge in [-0.2, -0.15) is 0 Å². The smallest absolute Gasteiger partial charge is 0.256 e. The maximum atomic E-state index is 10.9. The van der Waals surface area contributed by atoms with Crippen LogP contribution in [-0.2, 0) is 28.3 Å². The lowest BCUT2D eigenvalue weighted by atomic mass is 9.96. The summed E-state index contributed by atoms with van der Waals surface area (Å²) >= 11 is 0. The maximum Gasteiger partial charge on any atom is 0.256 e. The second-order valence-electron chi connectivity index (χ2n) is 9.61.